The van der Waals surface area contributed by atoms with Crippen LogP contribution in [0.5, 0.6) is 0 Å². The fourth-order valence-corrected chi connectivity index (χ4v) is 7.47. The summed E-state index contributed by atoms with van der Waals surface area (Å²) in [6.07, 6.45) is 7.23. The maximum absolute atomic E-state index is 14.3. The summed E-state index contributed by atoms with van der Waals surface area (Å²) in [6.45, 7) is 0. The van der Waals surface area contributed by atoms with Crippen LogP contribution in [-0.2, 0) is 10.3 Å². The number of nitrogens with one attached hydrogen (secondary N) is 1. The highest BCUT2D eigenvalue weighted by molar-refractivity contribution is 5.85. The number of carbonyl (C=O) groups is 1. The van der Waals surface area contributed by atoms with Crippen LogP contribution in [0.3, 0.4) is 0 Å². The minimum absolute atomic E-state index is 0.196. The van der Waals surface area contributed by atoms with Crippen LogP contribution in [0.4, 0.5) is 0 Å². The molecule has 0 spiro atoms. The summed E-state index contributed by atoms with van der Waals surface area (Å²) in [6, 6.07) is 31.5. The van der Waals surface area contributed by atoms with Crippen LogP contribution in [-0.4, -0.2) is 5.91 Å². The quantitative estimate of drug-likeness (QED) is 0.481. The van der Waals surface area contributed by atoms with E-state index in [-0.39, 0.29) is 11.3 Å². The predicted molar refractivity (Wildman–Crippen MR) is 128 cm³/mol. The molecule has 0 radical (unpaired) electrons. The Balaban J connectivity index is 1.49. The van der Waals surface area contributed by atoms with Crippen molar-refractivity contribution in [3.05, 3.63) is 108 Å². The Morgan fingerprint density at radius 3 is 1.31 bits per heavy atom. The van der Waals surface area contributed by atoms with E-state index in [9.17, 15) is 4.79 Å². The van der Waals surface area contributed by atoms with Crippen molar-refractivity contribution in [3.8, 4) is 0 Å². The third-order valence-corrected chi connectivity index (χ3v) is 8.44. The van der Waals surface area contributed by atoms with Crippen molar-refractivity contribution in [1.29, 1.82) is 0 Å². The molecule has 1 amide bonds. The molecule has 0 heterocycles. The Kier molecular flexibility index (Phi) is 4.71. The van der Waals surface area contributed by atoms with Crippen molar-refractivity contribution >= 4 is 5.91 Å². The zero-order chi connectivity index (χ0) is 21.6. The van der Waals surface area contributed by atoms with E-state index in [1.807, 2.05) is 18.2 Å². The molecule has 0 aromatic heterocycles. The van der Waals surface area contributed by atoms with Crippen molar-refractivity contribution in [2.45, 2.75) is 44.1 Å². The summed E-state index contributed by atoms with van der Waals surface area (Å²) in [5, 5.41) is 3.70. The van der Waals surface area contributed by atoms with Crippen LogP contribution < -0.4 is 5.32 Å². The molecule has 2 nitrogen and oxygen atoms in total. The monoisotopic (exact) mass is 421 g/mol. The first kappa shape index (κ1) is 19.8. The summed E-state index contributed by atoms with van der Waals surface area (Å²) in [5.41, 5.74) is 2.42. The van der Waals surface area contributed by atoms with E-state index >= 15 is 0 Å². The highest BCUT2D eigenvalue weighted by Gasteiger charge is 2.56. The Morgan fingerprint density at radius 2 is 0.969 bits per heavy atom. The number of carbonyl (C=O) groups excluding carboxylic acids is 1. The molecule has 0 saturated heterocycles. The van der Waals surface area contributed by atoms with E-state index in [1.165, 1.54) is 19.3 Å². The van der Waals surface area contributed by atoms with Gasteiger partial charge < -0.3 is 5.32 Å². The summed E-state index contributed by atoms with van der Waals surface area (Å²) in [5.74, 6) is 2.48. The highest BCUT2D eigenvalue weighted by Crippen LogP contribution is 2.60. The zero-order valence-corrected chi connectivity index (χ0v) is 18.5. The Bertz CT molecular complexity index is 958. The maximum Gasteiger partial charge on any atom is 0.227 e. The first-order valence-corrected chi connectivity index (χ1v) is 12.2. The molecule has 1 N–H and O–H groups in total. The molecule has 3 aromatic carbocycles. The molecule has 4 bridgehead atoms. The van der Waals surface area contributed by atoms with E-state index in [0.717, 1.165) is 53.7 Å². The van der Waals surface area contributed by atoms with Gasteiger partial charge >= 0.3 is 0 Å². The van der Waals surface area contributed by atoms with Gasteiger partial charge in [-0.15, -0.1) is 0 Å². The lowest BCUT2D eigenvalue weighted by Gasteiger charge is -2.56. The van der Waals surface area contributed by atoms with Gasteiger partial charge in [-0.05, 0) is 73.0 Å². The molecule has 0 atom stereocenters. The molecule has 2 heteroatoms. The topological polar surface area (TPSA) is 29.1 Å². The van der Waals surface area contributed by atoms with E-state index in [0.29, 0.717) is 0 Å². The van der Waals surface area contributed by atoms with Gasteiger partial charge in [0.05, 0.1) is 5.41 Å². The fraction of sp³-hybridized carbons (Fsp3) is 0.367. The van der Waals surface area contributed by atoms with Gasteiger partial charge in [0.15, 0.2) is 0 Å². The number of hydrogen-bond acceptors (Lipinski definition) is 1. The summed E-state index contributed by atoms with van der Waals surface area (Å²) >= 11 is 0. The lowest BCUT2D eigenvalue weighted by atomic mass is 9.49. The molecule has 32 heavy (non-hydrogen) atoms. The number of hydrogen-bond donors (Lipinski definition) is 1. The molecule has 0 unspecified atom stereocenters. The molecule has 3 aromatic rings. The van der Waals surface area contributed by atoms with Gasteiger partial charge in [0.2, 0.25) is 5.91 Å². The molecule has 4 saturated carbocycles. The first-order valence-electron chi connectivity index (χ1n) is 12.2. The first-order chi connectivity index (χ1) is 15.7. The van der Waals surface area contributed by atoms with Crippen molar-refractivity contribution in [1.82, 2.24) is 5.32 Å². The summed E-state index contributed by atoms with van der Waals surface area (Å²) < 4.78 is 0. The smallest absolute Gasteiger partial charge is 0.227 e. The molecule has 4 aliphatic rings. The molecule has 4 fully saturated rings. The van der Waals surface area contributed by atoms with Gasteiger partial charge in [-0.2, -0.15) is 0 Å². The van der Waals surface area contributed by atoms with Gasteiger partial charge in [0, 0.05) is 0 Å². The summed E-state index contributed by atoms with van der Waals surface area (Å²) in [7, 11) is 0. The van der Waals surface area contributed by atoms with Crippen molar-refractivity contribution in [3.63, 3.8) is 0 Å². The molecule has 162 valence electrons. The van der Waals surface area contributed by atoms with Crippen LogP contribution in [0.2, 0.25) is 0 Å². The fourth-order valence-electron chi connectivity index (χ4n) is 7.47. The lowest BCUT2D eigenvalue weighted by molar-refractivity contribution is -0.147. The van der Waals surface area contributed by atoms with Gasteiger partial charge in [-0.25, -0.2) is 0 Å². The minimum atomic E-state index is -0.704. The minimum Gasteiger partial charge on any atom is -0.338 e. The highest BCUT2D eigenvalue weighted by atomic mass is 16.2. The second-order valence-electron chi connectivity index (χ2n) is 10.5. The average Bonchev–Trinajstić information content (AvgIpc) is 2.83. The van der Waals surface area contributed by atoms with Crippen LogP contribution in [0.25, 0.3) is 0 Å². The van der Waals surface area contributed by atoms with E-state index in [4.69, 9.17) is 0 Å². The lowest BCUT2D eigenvalue weighted by Crippen LogP contribution is -2.58. The van der Waals surface area contributed by atoms with Crippen molar-refractivity contribution in [2.75, 3.05) is 0 Å². The average molecular weight is 422 g/mol. The number of benzene rings is 3. The van der Waals surface area contributed by atoms with Crippen molar-refractivity contribution in [2.24, 2.45) is 23.2 Å². The van der Waals surface area contributed by atoms with Crippen LogP contribution in [0.15, 0.2) is 91.0 Å². The molecular formula is C30H31NO. The third-order valence-electron chi connectivity index (χ3n) is 8.44. The SMILES string of the molecule is O=C(NC(c1ccccc1)(c1ccccc1)c1ccccc1)C12CC3CC(CC(C3)C1)C2. The Morgan fingerprint density at radius 1 is 0.625 bits per heavy atom. The zero-order valence-electron chi connectivity index (χ0n) is 18.5. The standard InChI is InChI=1S/C30H31NO/c32-28(29-19-22-16-23(20-29)18-24(17-22)21-29)31-30(25-10-4-1-5-11-25,26-12-6-2-7-13-26)27-14-8-3-9-15-27/h1-15,22-24H,16-21H2,(H,31,32). The van der Waals surface area contributed by atoms with Gasteiger partial charge in [-0.3, -0.25) is 4.79 Å². The Hall–Kier alpha value is -2.87. The van der Waals surface area contributed by atoms with Crippen molar-refractivity contribution < 1.29 is 4.79 Å². The van der Waals surface area contributed by atoms with Gasteiger partial charge in [0.25, 0.3) is 0 Å². The second kappa shape index (κ2) is 7.62. The van der Waals surface area contributed by atoms with Crippen LogP contribution in [0.1, 0.15) is 55.2 Å². The maximum atomic E-state index is 14.3. The second-order valence-corrected chi connectivity index (χ2v) is 10.5. The number of amides is 1. The molecule has 7 rings (SSSR count). The number of rotatable bonds is 5. The third kappa shape index (κ3) is 3.11. The van der Waals surface area contributed by atoms with E-state index in [2.05, 4.69) is 78.1 Å². The Labute approximate surface area is 191 Å². The molecule has 0 aliphatic heterocycles. The summed E-state index contributed by atoms with van der Waals surface area (Å²) in [4.78, 5) is 14.3. The van der Waals surface area contributed by atoms with Crippen LogP contribution >= 0.6 is 0 Å². The van der Waals surface area contributed by atoms with Gasteiger partial charge in [-0.1, -0.05) is 91.0 Å². The van der Waals surface area contributed by atoms with Crippen LogP contribution in [0, 0.1) is 23.2 Å². The normalized spacial score (nSPS) is 28.4. The molecule has 4 aliphatic carbocycles. The molecular weight excluding hydrogens is 390 g/mol. The largest absolute Gasteiger partial charge is 0.338 e. The predicted octanol–water partition coefficient (Wildman–Crippen LogP) is 6.31. The van der Waals surface area contributed by atoms with E-state index < -0.39 is 5.54 Å². The van der Waals surface area contributed by atoms with Gasteiger partial charge in [0.1, 0.15) is 5.54 Å². The van der Waals surface area contributed by atoms with E-state index in [1.54, 1.807) is 0 Å².